The minimum Gasteiger partial charge on any atom is -0.481 e. The largest absolute Gasteiger partial charge is 0.481 e. The summed E-state index contributed by atoms with van der Waals surface area (Å²) in [5, 5.41) is 19.9. The van der Waals surface area contributed by atoms with Crippen LogP contribution in [0, 0.1) is 0 Å². The van der Waals surface area contributed by atoms with Gasteiger partial charge in [0.1, 0.15) is 6.34 Å². The van der Waals surface area contributed by atoms with Gasteiger partial charge in [0.15, 0.2) is 17.8 Å². The molecule has 2 aromatic rings. The van der Waals surface area contributed by atoms with Crippen molar-refractivity contribution < 1.29 is 29.0 Å². The standard InChI is InChI=1S/C21H21N5O6/c22-25-12-24-15-3-1-2-14(9-15)21(30)23-10-18(27)26-19-11-31-16-6-4-13(5-7-20(28)29)8-17(16)32-19/h1-4,6,8-9,11-12H,5,7,10,22H2,(H,23,30)(H,24,25)(H,26,27)(H,28,29). The van der Waals surface area contributed by atoms with Gasteiger partial charge in [-0.1, -0.05) is 12.1 Å². The smallest absolute Gasteiger partial charge is 0.303 e. The fourth-order valence-electron chi connectivity index (χ4n) is 2.76. The van der Waals surface area contributed by atoms with E-state index < -0.39 is 17.8 Å². The Morgan fingerprint density at radius 2 is 1.97 bits per heavy atom. The number of hydrogen-bond acceptors (Lipinski definition) is 7. The highest BCUT2D eigenvalue weighted by atomic mass is 16.6. The van der Waals surface area contributed by atoms with Crippen LogP contribution in [0.4, 0.5) is 5.69 Å². The van der Waals surface area contributed by atoms with E-state index in [-0.39, 0.29) is 18.8 Å². The lowest BCUT2D eigenvalue weighted by atomic mass is 10.1. The highest BCUT2D eigenvalue weighted by molar-refractivity contribution is 5.97. The van der Waals surface area contributed by atoms with Crippen LogP contribution in [0.3, 0.4) is 0 Å². The Kier molecular flexibility index (Phi) is 7.25. The normalized spacial score (nSPS) is 12.1. The van der Waals surface area contributed by atoms with E-state index in [1.165, 1.54) is 12.6 Å². The number of aliphatic carboxylic acids is 1. The molecule has 1 aliphatic rings. The maximum absolute atomic E-state index is 12.3. The predicted molar refractivity (Wildman–Crippen MR) is 115 cm³/mol. The van der Waals surface area contributed by atoms with Gasteiger partial charge in [-0.15, -0.1) is 0 Å². The lowest BCUT2D eigenvalue weighted by Gasteiger charge is -2.19. The van der Waals surface area contributed by atoms with Crippen LogP contribution in [0.2, 0.25) is 0 Å². The fourth-order valence-corrected chi connectivity index (χ4v) is 2.76. The number of nitrogens with two attached hydrogens (primary N) is 1. The summed E-state index contributed by atoms with van der Waals surface area (Å²) in [6.45, 7) is -0.299. The summed E-state index contributed by atoms with van der Waals surface area (Å²) in [5.74, 6) is 3.98. The lowest BCUT2D eigenvalue weighted by molar-refractivity contribution is -0.137. The fraction of sp³-hybridized carbons (Fsp3) is 0.143. The molecule has 0 radical (unpaired) electrons. The maximum atomic E-state index is 12.3. The van der Waals surface area contributed by atoms with Gasteiger partial charge in [0.05, 0.1) is 6.54 Å². The van der Waals surface area contributed by atoms with Gasteiger partial charge < -0.3 is 31.1 Å². The Morgan fingerprint density at radius 3 is 2.75 bits per heavy atom. The number of nitrogens with zero attached hydrogens (tertiary/aromatic N) is 1. The number of aryl methyl sites for hydroxylation is 1. The Hall–Kier alpha value is -4.54. The number of nitrogens with one attached hydrogen (secondary N) is 3. The lowest BCUT2D eigenvalue weighted by Crippen LogP contribution is -2.38. The van der Waals surface area contributed by atoms with E-state index >= 15 is 0 Å². The van der Waals surface area contributed by atoms with Crippen LogP contribution >= 0.6 is 0 Å². The van der Waals surface area contributed by atoms with E-state index in [9.17, 15) is 14.4 Å². The molecule has 2 amide bonds. The Labute approximate surface area is 182 Å². The number of rotatable bonds is 9. The van der Waals surface area contributed by atoms with Crippen LogP contribution in [-0.2, 0) is 16.0 Å². The summed E-state index contributed by atoms with van der Waals surface area (Å²) < 4.78 is 11.0. The Bertz CT molecular complexity index is 1080. The van der Waals surface area contributed by atoms with Gasteiger partial charge in [0, 0.05) is 17.7 Å². The number of carbonyl (C=O) groups is 3. The number of carboxylic acid groups (broad SMARTS) is 1. The van der Waals surface area contributed by atoms with Gasteiger partial charge in [-0.05, 0) is 42.3 Å². The molecule has 0 atom stereocenters. The molecule has 3 rings (SSSR count). The van der Waals surface area contributed by atoms with Crippen LogP contribution in [0.25, 0.3) is 0 Å². The molecule has 1 heterocycles. The van der Waals surface area contributed by atoms with Crippen LogP contribution in [0.1, 0.15) is 22.3 Å². The first kappa shape index (κ1) is 22.2. The summed E-state index contributed by atoms with van der Waals surface area (Å²) in [6, 6.07) is 11.6. The zero-order valence-corrected chi connectivity index (χ0v) is 16.8. The number of carbonyl (C=O) groups excluding carboxylic acids is 2. The molecule has 2 aromatic carbocycles. The number of hydrazone groups is 1. The van der Waals surface area contributed by atoms with E-state index in [0.29, 0.717) is 29.2 Å². The summed E-state index contributed by atoms with van der Waals surface area (Å²) in [6.07, 6.45) is 2.82. The van der Waals surface area contributed by atoms with E-state index in [1.54, 1.807) is 42.5 Å². The highest BCUT2D eigenvalue weighted by Crippen LogP contribution is 2.33. The molecule has 0 unspecified atom stereocenters. The molecule has 11 nitrogen and oxygen atoms in total. The zero-order valence-electron chi connectivity index (χ0n) is 16.8. The van der Waals surface area contributed by atoms with Gasteiger partial charge in [-0.25, -0.2) is 0 Å². The van der Waals surface area contributed by atoms with Crippen molar-refractivity contribution in [3.63, 3.8) is 0 Å². The van der Waals surface area contributed by atoms with E-state index in [1.807, 2.05) is 0 Å². The Morgan fingerprint density at radius 1 is 1.12 bits per heavy atom. The van der Waals surface area contributed by atoms with Crippen molar-refractivity contribution in [2.24, 2.45) is 10.9 Å². The van der Waals surface area contributed by atoms with Crippen molar-refractivity contribution in [1.82, 2.24) is 10.6 Å². The molecule has 0 bridgehead atoms. The second-order valence-electron chi connectivity index (χ2n) is 6.61. The first-order valence-electron chi connectivity index (χ1n) is 9.50. The molecule has 0 aromatic heterocycles. The summed E-state index contributed by atoms with van der Waals surface area (Å²) in [7, 11) is 0. The topological polar surface area (TPSA) is 164 Å². The van der Waals surface area contributed by atoms with Crippen molar-refractivity contribution in [2.45, 2.75) is 12.8 Å². The van der Waals surface area contributed by atoms with E-state index in [4.69, 9.17) is 20.4 Å². The molecule has 6 N–H and O–H groups in total. The quantitative estimate of drug-likeness (QED) is 0.168. The molecule has 11 heteroatoms. The van der Waals surface area contributed by atoms with E-state index in [2.05, 4.69) is 21.1 Å². The molecule has 0 saturated carbocycles. The van der Waals surface area contributed by atoms with Crippen LogP contribution in [-0.4, -0.2) is 35.8 Å². The van der Waals surface area contributed by atoms with Crippen molar-refractivity contribution in [3.05, 3.63) is 65.7 Å². The number of benzene rings is 2. The van der Waals surface area contributed by atoms with E-state index in [0.717, 1.165) is 5.56 Å². The van der Waals surface area contributed by atoms with Gasteiger partial charge in [0.25, 0.3) is 5.91 Å². The summed E-state index contributed by atoms with van der Waals surface area (Å²) >= 11 is 0. The van der Waals surface area contributed by atoms with Gasteiger partial charge >= 0.3 is 5.97 Å². The minimum atomic E-state index is -0.901. The number of amides is 2. The molecule has 1 aliphatic heterocycles. The Balaban J connectivity index is 1.51. The van der Waals surface area contributed by atoms with Crippen molar-refractivity contribution in [1.29, 1.82) is 0 Å². The summed E-state index contributed by atoms with van der Waals surface area (Å²) in [4.78, 5) is 35.2. The van der Waals surface area contributed by atoms with Crippen LogP contribution in [0.5, 0.6) is 11.5 Å². The third kappa shape index (κ3) is 6.23. The second-order valence-corrected chi connectivity index (χ2v) is 6.61. The molecule has 166 valence electrons. The number of ether oxygens (including phenoxy) is 2. The number of anilines is 1. The number of fused-ring (bicyclic) bond motifs is 1. The average Bonchev–Trinajstić information content (AvgIpc) is 2.79. The van der Waals surface area contributed by atoms with Crippen molar-refractivity contribution >= 4 is 29.8 Å². The third-order valence-electron chi connectivity index (χ3n) is 4.25. The summed E-state index contributed by atoms with van der Waals surface area (Å²) in [5.41, 5.74) is 1.70. The van der Waals surface area contributed by atoms with Crippen molar-refractivity contribution in [3.8, 4) is 11.5 Å². The molecule has 0 saturated heterocycles. The first-order chi connectivity index (χ1) is 15.4. The SMILES string of the molecule is NN=CNc1cccc(C(=O)NCC(=O)NC2=COc3ccc(CCC(=O)O)cc3O2)c1. The molecule has 32 heavy (non-hydrogen) atoms. The molecule has 0 spiro atoms. The average molecular weight is 439 g/mol. The highest BCUT2D eigenvalue weighted by Gasteiger charge is 2.17. The van der Waals surface area contributed by atoms with Gasteiger partial charge in [-0.3, -0.25) is 19.7 Å². The number of hydrogen-bond donors (Lipinski definition) is 5. The molecular formula is C21H21N5O6. The maximum Gasteiger partial charge on any atom is 0.303 e. The van der Waals surface area contributed by atoms with Crippen LogP contribution < -0.4 is 31.3 Å². The third-order valence-corrected chi connectivity index (χ3v) is 4.25. The molecule has 0 aliphatic carbocycles. The predicted octanol–water partition coefficient (Wildman–Crippen LogP) is 1.13. The molecule has 0 fully saturated rings. The molecular weight excluding hydrogens is 418 g/mol. The van der Waals surface area contributed by atoms with Crippen molar-refractivity contribution in [2.75, 3.05) is 11.9 Å². The minimum absolute atomic E-state index is 0.0155. The first-order valence-corrected chi connectivity index (χ1v) is 9.50. The number of carboxylic acids is 1. The van der Waals surface area contributed by atoms with Gasteiger partial charge in [-0.2, -0.15) is 5.10 Å². The zero-order chi connectivity index (χ0) is 22.9. The second kappa shape index (κ2) is 10.5. The van der Waals surface area contributed by atoms with Gasteiger partial charge in [0.2, 0.25) is 11.8 Å². The monoisotopic (exact) mass is 439 g/mol. The van der Waals surface area contributed by atoms with Crippen LogP contribution in [0.15, 0.2) is 59.7 Å².